The Kier molecular flexibility index (Phi) is 4.00. The van der Waals surface area contributed by atoms with Crippen LogP contribution in [0.5, 0.6) is 0 Å². The number of aromatic nitrogens is 2. The molecule has 1 fully saturated rings. The summed E-state index contributed by atoms with van der Waals surface area (Å²) in [6, 6.07) is 4.36. The lowest BCUT2D eigenvalue weighted by molar-refractivity contribution is -0.199. The monoisotopic (exact) mass is 372 g/mol. The highest BCUT2D eigenvalue weighted by molar-refractivity contribution is 6.62. The lowest BCUT2D eigenvalue weighted by Gasteiger charge is -2.32. The molecular formula is C15H16BF3N2O5. The first-order chi connectivity index (χ1) is 11.8. The van der Waals surface area contributed by atoms with Crippen LogP contribution in [0.4, 0.5) is 13.2 Å². The fourth-order valence-corrected chi connectivity index (χ4v) is 2.46. The molecular weight excluding hydrogens is 356 g/mol. The largest absolute Gasteiger partial charge is 0.494 e. The SMILES string of the molecule is CC1(C)OB(c2ccc3c(c2)[nH]c(=O)n3OC(=O)C(F)(F)F)OC1(C)C. The molecule has 1 saturated heterocycles. The average Bonchev–Trinajstić information content (AvgIpc) is 2.91. The van der Waals surface area contributed by atoms with Crippen LogP contribution in [0.25, 0.3) is 11.0 Å². The van der Waals surface area contributed by atoms with Gasteiger partial charge in [-0.15, -0.1) is 4.73 Å². The van der Waals surface area contributed by atoms with Crippen molar-refractivity contribution in [3.05, 3.63) is 28.7 Å². The number of alkyl halides is 3. The van der Waals surface area contributed by atoms with Gasteiger partial charge in [-0.05, 0) is 45.3 Å². The zero-order chi connectivity index (χ0) is 19.5. The van der Waals surface area contributed by atoms with Crippen molar-refractivity contribution in [1.29, 1.82) is 0 Å². The van der Waals surface area contributed by atoms with E-state index in [4.69, 9.17) is 9.31 Å². The van der Waals surface area contributed by atoms with Crippen LogP contribution in [0, 0.1) is 0 Å². The number of carbonyl (C=O) groups excluding carboxylic acids is 1. The molecule has 0 spiro atoms. The summed E-state index contributed by atoms with van der Waals surface area (Å²) in [5.74, 6) is -2.49. The molecule has 1 N–H and O–H groups in total. The minimum atomic E-state index is -5.22. The molecule has 7 nitrogen and oxygen atoms in total. The maximum atomic E-state index is 12.4. The van der Waals surface area contributed by atoms with E-state index in [1.54, 1.807) is 0 Å². The summed E-state index contributed by atoms with van der Waals surface area (Å²) in [7, 11) is -0.714. The van der Waals surface area contributed by atoms with E-state index in [1.807, 2.05) is 27.7 Å². The van der Waals surface area contributed by atoms with Crippen LogP contribution in [0.3, 0.4) is 0 Å². The molecule has 1 aromatic carbocycles. The van der Waals surface area contributed by atoms with Gasteiger partial charge in [0, 0.05) is 0 Å². The number of halogens is 3. The van der Waals surface area contributed by atoms with Crippen LogP contribution in [-0.4, -0.2) is 40.2 Å². The zero-order valence-corrected chi connectivity index (χ0v) is 14.4. The number of imidazole rings is 1. The third-order valence-corrected chi connectivity index (χ3v) is 4.60. The highest BCUT2D eigenvalue weighted by Gasteiger charge is 2.51. The lowest BCUT2D eigenvalue weighted by Crippen LogP contribution is -2.41. The normalized spacial score (nSPS) is 19.1. The van der Waals surface area contributed by atoms with Crippen LogP contribution in [0.2, 0.25) is 0 Å². The molecule has 26 heavy (non-hydrogen) atoms. The number of fused-ring (bicyclic) bond motifs is 1. The van der Waals surface area contributed by atoms with Crippen molar-refractivity contribution in [2.24, 2.45) is 0 Å². The fourth-order valence-electron chi connectivity index (χ4n) is 2.46. The Morgan fingerprint density at radius 2 is 1.77 bits per heavy atom. The third-order valence-electron chi connectivity index (χ3n) is 4.60. The standard InChI is InChI=1S/C15H16BF3N2O5/c1-13(2)14(3,4)26-16(25-13)8-5-6-10-9(7-8)20-12(23)21(10)24-11(22)15(17,18)19/h5-7H,1-4H3,(H,20,23). The van der Waals surface area contributed by atoms with E-state index in [-0.39, 0.29) is 15.8 Å². The maximum absolute atomic E-state index is 12.4. The first kappa shape index (κ1) is 18.5. The molecule has 1 aromatic heterocycles. The minimum absolute atomic E-state index is 0.0205. The predicted molar refractivity (Wildman–Crippen MR) is 85.9 cm³/mol. The maximum Gasteiger partial charge on any atom is 0.494 e. The lowest BCUT2D eigenvalue weighted by atomic mass is 9.79. The number of benzene rings is 1. The van der Waals surface area contributed by atoms with Crippen molar-refractivity contribution in [3.63, 3.8) is 0 Å². The molecule has 1 aliphatic rings. The number of nitrogens with zero attached hydrogens (tertiary/aromatic N) is 1. The molecule has 0 atom stereocenters. The summed E-state index contributed by atoms with van der Waals surface area (Å²) >= 11 is 0. The molecule has 0 amide bonds. The van der Waals surface area contributed by atoms with E-state index in [2.05, 4.69) is 9.82 Å². The second kappa shape index (κ2) is 5.62. The molecule has 11 heteroatoms. The van der Waals surface area contributed by atoms with Crippen LogP contribution in [0.15, 0.2) is 23.0 Å². The van der Waals surface area contributed by atoms with Crippen molar-refractivity contribution in [1.82, 2.24) is 9.71 Å². The fraction of sp³-hybridized carbons (Fsp3) is 0.467. The molecule has 1 aliphatic heterocycles. The minimum Gasteiger partial charge on any atom is -0.399 e. The first-order valence-corrected chi connectivity index (χ1v) is 7.72. The summed E-state index contributed by atoms with van der Waals surface area (Å²) < 4.78 is 49.1. The molecule has 0 aliphatic carbocycles. The number of H-pyrrole nitrogens is 1. The van der Waals surface area contributed by atoms with Crippen molar-refractivity contribution < 1.29 is 32.1 Å². The summed E-state index contributed by atoms with van der Waals surface area (Å²) in [6.45, 7) is 7.50. The molecule has 0 unspecified atom stereocenters. The number of hydrogen-bond donors (Lipinski definition) is 1. The second-order valence-electron chi connectivity index (χ2n) is 6.97. The average molecular weight is 372 g/mol. The van der Waals surface area contributed by atoms with E-state index < -0.39 is 36.2 Å². The van der Waals surface area contributed by atoms with E-state index in [9.17, 15) is 22.8 Å². The zero-order valence-electron chi connectivity index (χ0n) is 14.4. The van der Waals surface area contributed by atoms with Crippen LogP contribution in [-0.2, 0) is 14.1 Å². The Morgan fingerprint density at radius 3 is 2.31 bits per heavy atom. The first-order valence-electron chi connectivity index (χ1n) is 7.72. The molecule has 0 bridgehead atoms. The van der Waals surface area contributed by atoms with Gasteiger partial charge in [-0.1, -0.05) is 6.07 Å². The van der Waals surface area contributed by atoms with E-state index >= 15 is 0 Å². The number of carbonyl (C=O) groups is 1. The van der Waals surface area contributed by atoms with Crippen molar-refractivity contribution in [3.8, 4) is 0 Å². The van der Waals surface area contributed by atoms with Gasteiger partial charge >= 0.3 is 25.0 Å². The predicted octanol–water partition coefficient (Wildman–Crippen LogP) is 1.15. The Labute approximate surface area is 146 Å². The Hall–Kier alpha value is -2.27. The molecule has 0 radical (unpaired) electrons. The van der Waals surface area contributed by atoms with Gasteiger partial charge in [0.05, 0.1) is 16.7 Å². The van der Waals surface area contributed by atoms with Crippen molar-refractivity contribution in [2.45, 2.75) is 45.1 Å². The van der Waals surface area contributed by atoms with Crippen molar-refractivity contribution in [2.75, 3.05) is 0 Å². The molecule has 2 heterocycles. The highest BCUT2D eigenvalue weighted by Crippen LogP contribution is 2.36. The Balaban J connectivity index is 1.95. The molecule has 140 valence electrons. The number of hydrogen-bond acceptors (Lipinski definition) is 5. The van der Waals surface area contributed by atoms with Crippen LogP contribution in [0.1, 0.15) is 27.7 Å². The number of aromatic amines is 1. The molecule has 0 saturated carbocycles. The van der Waals surface area contributed by atoms with Crippen LogP contribution < -0.4 is 16.0 Å². The topological polar surface area (TPSA) is 82.5 Å². The van der Waals surface area contributed by atoms with E-state index in [1.165, 1.54) is 18.2 Å². The van der Waals surface area contributed by atoms with Gasteiger partial charge in [-0.25, -0.2) is 9.59 Å². The van der Waals surface area contributed by atoms with Gasteiger partial charge in [-0.3, -0.25) is 0 Å². The molecule has 3 rings (SSSR count). The van der Waals surface area contributed by atoms with E-state index in [0.717, 1.165) is 0 Å². The van der Waals surface area contributed by atoms with Gasteiger partial charge in [0.2, 0.25) is 0 Å². The third kappa shape index (κ3) is 3.01. The van der Waals surface area contributed by atoms with Gasteiger partial charge in [0.1, 0.15) is 5.52 Å². The second-order valence-corrected chi connectivity index (χ2v) is 6.97. The quantitative estimate of drug-likeness (QED) is 0.800. The van der Waals surface area contributed by atoms with Crippen molar-refractivity contribution >= 4 is 29.6 Å². The van der Waals surface area contributed by atoms with E-state index in [0.29, 0.717) is 5.46 Å². The number of rotatable bonds is 2. The van der Waals surface area contributed by atoms with Gasteiger partial charge in [0.25, 0.3) is 0 Å². The Morgan fingerprint density at radius 1 is 1.19 bits per heavy atom. The van der Waals surface area contributed by atoms with Gasteiger partial charge in [-0.2, -0.15) is 13.2 Å². The van der Waals surface area contributed by atoms with Crippen LogP contribution >= 0.6 is 0 Å². The number of nitrogens with one attached hydrogen (secondary N) is 1. The smallest absolute Gasteiger partial charge is 0.399 e. The summed E-state index contributed by atoms with van der Waals surface area (Å²) in [6.07, 6.45) is -5.22. The van der Waals surface area contributed by atoms with Gasteiger partial charge < -0.3 is 19.1 Å². The molecule has 2 aromatic rings. The highest BCUT2D eigenvalue weighted by atomic mass is 19.4. The summed E-state index contributed by atoms with van der Waals surface area (Å²) in [5.41, 5.74) is -1.44. The summed E-state index contributed by atoms with van der Waals surface area (Å²) in [5, 5.41) is 0. The van der Waals surface area contributed by atoms with Gasteiger partial charge in [0.15, 0.2) is 0 Å². The summed E-state index contributed by atoms with van der Waals surface area (Å²) in [4.78, 5) is 29.3. The Bertz CT molecular complexity index is 915.